The van der Waals surface area contributed by atoms with Gasteiger partial charge in [0.25, 0.3) is 0 Å². The molecule has 0 rings (SSSR count). The van der Waals surface area contributed by atoms with Crippen LogP contribution >= 0.6 is 0 Å². The van der Waals surface area contributed by atoms with Crippen LogP contribution in [0.4, 0.5) is 0 Å². The maximum absolute atomic E-state index is 3.78. The van der Waals surface area contributed by atoms with Gasteiger partial charge in [0.2, 0.25) is 0 Å². The van der Waals surface area contributed by atoms with E-state index in [0.717, 1.165) is 19.3 Å². The van der Waals surface area contributed by atoms with Gasteiger partial charge < -0.3 is 20.8 Å². The molecule has 25 heavy (non-hydrogen) atoms. The minimum absolute atomic E-state index is 0. The average molecular weight is 518 g/mol. The quantitative estimate of drug-likeness (QED) is 0.115. The Kier molecular flexibility index (Phi) is 53.3. The van der Waals surface area contributed by atoms with E-state index < -0.39 is 0 Å². The Balaban J connectivity index is -0.000000130. The van der Waals surface area contributed by atoms with Crippen LogP contribution in [0.25, 0.3) is 0 Å². The zero-order valence-electron chi connectivity index (χ0n) is 18.3. The molecule has 0 aromatic heterocycles. The molecule has 0 atom stereocenters. The molecule has 0 saturated carbocycles. The van der Waals surface area contributed by atoms with Crippen molar-refractivity contribution in [3.05, 3.63) is 20.8 Å². The van der Waals surface area contributed by atoms with Crippen molar-refractivity contribution in [2.24, 2.45) is 0 Å². The summed E-state index contributed by atoms with van der Waals surface area (Å²) in [5.74, 6) is 0. The minimum atomic E-state index is 0. The van der Waals surface area contributed by atoms with Gasteiger partial charge in [0.15, 0.2) is 0 Å². The van der Waals surface area contributed by atoms with Gasteiger partial charge in [-0.2, -0.15) is 19.3 Å². The number of unbranched alkanes of at least 4 members (excludes halogenated alkanes) is 15. The normalized spacial score (nSPS) is 9.36. The van der Waals surface area contributed by atoms with Crippen molar-refractivity contribution < 1.29 is 25.8 Å². The van der Waals surface area contributed by atoms with Crippen molar-refractivity contribution in [1.29, 1.82) is 0 Å². The van der Waals surface area contributed by atoms with Crippen LogP contribution in [0.5, 0.6) is 0 Å². The first-order chi connectivity index (χ1) is 11.7. The van der Waals surface area contributed by atoms with Crippen molar-refractivity contribution >= 4 is 0 Å². The maximum atomic E-state index is 3.78. The Morgan fingerprint density at radius 3 is 0.720 bits per heavy atom. The second kappa shape index (κ2) is 39.8. The predicted octanol–water partition coefficient (Wildman–Crippen LogP) is 9.54. The van der Waals surface area contributed by atoms with E-state index in [0.29, 0.717) is 0 Å². The first kappa shape index (κ1) is 33.5. The van der Waals surface area contributed by atoms with Gasteiger partial charge in [-0.25, -0.2) is 0 Å². The Morgan fingerprint density at radius 1 is 0.360 bits per heavy atom. The van der Waals surface area contributed by atoms with Crippen molar-refractivity contribution in [3.8, 4) is 0 Å². The molecule has 0 spiro atoms. The molecule has 0 radical (unpaired) electrons. The van der Waals surface area contributed by atoms with Crippen LogP contribution < -0.4 is 0 Å². The summed E-state index contributed by atoms with van der Waals surface area (Å²) in [7, 11) is 0. The van der Waals surface area contributed by atoms with E-state index in [1.165, 1.54) is 96.3 Å². The van der Waals surface area contributed by atoms with Crippen LogP contribution in [-0.2, 0) is 25.8 Å². The molecule has 0 heterocycles. The van der Waals surface area contributed by atoms with E-state index >= 15 is 0 Å². The molecule has 0 aromatic carbocycles. The summed E-state index contributed by atoms with van der Waals surface area (Å²) in [6, 6.07) is 0. The van der Waals surface area contributed by atoms with E-state index in [2.05, 4.69) is 41.5 Å². The zero-order valence-corrected chi connectivity index (χ0v) is 21.9. The first-order valence-electron chi connectivity index (χ1n) is 11.1. The molecule has 1 heteroatoms. The van der Waals surface area contributed by atoms with Crippen LogP contribution in [0.3, 0.4) is 0 Å². The second-order valence-corrected chi connectivity index (χ2v) is 6.80. The van der Waals surface area contributed by atoms with Crippen molar-refractivity contribution in [1.82, 2.24) is 0 Å². The van der Waals surface area contributed by atoms with Gasteiger partial charge in [0.05, 0.1) is 0 Å². The summed E-state index contributed by atoms with van der Waals surface area (Å²) < 4.78 is 0. The van der Waals surface area contributed by atoms with Gasteiger partial charge in [-0.3, -0.25) is 0 Å². The molecule has 0 fully saturated rings. The van der Waals surface area contributed by atoms with Crippen LogP contribution in [0, 0.1) is 20.8 Å². The fraction of sp³-hybridized carbons (Fsp3) is 0.875. The predicted molar refractivity (Wildman–Crippen MR) is 116 cm³/mol. The number of hydrogen-bond acceptors (Lipinski definition) is 0. The fourth-order valence-corrected chi connectivity index (χ4v) is 2.34. The van der Waals surface area contributed by atoms with Crippen molar-refractivity contribution in [2.75, 3.05) is 0 Å². The van der Waals surface area contributed by atoms with Crippen molar-refractivity contribution in [3.63, 3.8) is 0 Å². The van der Waals surface area contributed by atoms with Gasteiger partial charge >= 0.3 is 0 Å². The van der Waals surface area contributed by atoms with Gasteiger partial charge in [-0.05, 0) is 0 Å². The molecule has 0 bridgehead atoms. The Labute approximate surface area is 182 Å². The monoisotopic (exact) mass is 519 g/mol. The standard InChI is InChI=1S/3C8H17.Hf/c3*1-3-5-7-8-6-4-2;/h3*1,3-8H2,2H3;/q3*-1;. The minimum Gasteiger partial charge on any atom is -0.343 e. The average Bonchev–Trinajstić information content (AvgIpc) is 2.61. The molecule has 0 N–H and O–H groups in total. The van der Waals surface area contributed by atoms with E-state index in [-0.39, 0.29) is 25.8 Å². The SMILES string of the molecule is [CH2-]CCCCCCC.[CH2-]CCCCCCC.[CH2-]CCCCCCC.[Hf]. The topological polar surface area (TPSA) is 0 Å². The van der Waals surface area contributed by atoms with Gasteiger partial charge in [0.1, 0.15) is 0 Å². The van der Waals surface area contributed by atoms with Crippen molar-refractivity contribution in [2.45, 2.75) is 136 Å². The Morgan fingerprint density at radius 2 is 0.560 bits per heavy atom. The molecule has 154 valence electrons. The molecule has 0 aliphatic rings. The molecule has 0 nitrogen and oxygen atoms in total. The van der Waals surface area contributed by atoms with Crippen LogP contribution in [0.15, 0.2) is 0 Å². The van der Waals surface area contributed by atoms with Crippen LogP contribution in [-0.4, -0.2) is 0 Å². The molecular weight excluding hydrogens is 467 g/mol. The molecule has 0 unspecified atom stereocenters. The van der Waals surface area contributed by atoms with E-state index in [1.54, 1.807) is 0 Å². The zero-order chi connectivity index (χ0) is 18.7. The summed E-state index contributed by atoms with van der Waals surface area (Å²) in [6.45, 7) is 18.1. The molecule has 0 saturated heterocycles. The summed E-state index contributed by atoms with van der Waals surface area (Å²) >= 11 is 0. The van der Waals surface area contributed by atoms with E-state index in [4.69, 9.17) is 0 Å². The van der Waals surface area contributed by atoms with Gasteiger partial charge in [0, 0.05) is 25.8 Å². The maximum Gasteiger partial charge on any atom is 0 e. The summed E-state index contributed by atoms with van der Waals surface area (Å²) in [5.41, 5.74) is 0. The smallest absolute Gasteiger partial charge is 0 e. The Bertz CT molecular complexity index is 110. The van der Waals surface area contributed by atoms with Crippen LogP contribution in [0.1, 0.15) is 136 Å². The largest absolute Gasteiger partial charge is 0.343 e. The molecule has 0 aliphatic heterocycles. The van der Waals surface area contributed by atoms with Gasteiger partial charge in [-0.15, -0.1) is 0 Å². The van der Waals surface area contributed by atoms with E-state index in [1.807, 2.05) is 0 Å². The molecular formula is C24H51Hf-3. The molecule has 0 aromatic rings. The van der Waals surface area contributed by atoms with Gasteiger partial charge in [-0.1, -0.05) is 117 Å². The van der Waals surface area contributed by atoms with E-state index in [9.17, 15) is 0 Å². The first-order valence-corrected chi connectivity index (χ1v) is 11.1. The van der Waals surface area contributed by atoms with Crippen LogP contribution in [0.2, 0.25) is 0 Å². The summed E-state index contributed by atoms with van der Waals surface area (Å²) in [4.78, 5) is 0. The second-order valence-electron chi connectivity index (χ2n) is 6.80. The Hall–Kier alpha value is 0.870. The fourth-order valence-electron chi connectivity index (χ4n) is 2.34. The number of rotatable bonds is 15. The molecule has 0 aliphatic carbocycles. The third kappa shape index (κ3) is 51.6. The third-order valence-corrected chi connectivity index (χ3v) is 4.06. The summed E-state index contributed by atoms with van der Waals surface area (Å²) in [5, 5.41) is 0. The number of hydrogen-bond donors (Lipinski definition) is 0. The third-order valence-electron chi connectivity index (χ3n) is 4.06. The summed E-state index contributed by atoms with van der Waals surface area (Å²) in [6.07, 6.45) is 23.9. The molecule has 0 amide bonds.